The van der Waals surface area contributed by atoms with Crippen LogP contribution in [-0.4, -0.2) is 49.5 Å². The number of rotatable bonds is 10. The predicted molar refractivity (Wildman–Crippen MR) is 112 cm³/mol. The molecule has 2 aromatic carbocycles. The first-order valence-electron chi connectivity index (χ1n) is 9.83. The molecule has 0 aliphatic carbocycles. The highest BCUT2D eigenvalue weighted by molar-refractivity contribution is 5.93. The average Bonchev–Trinajstić information content (AvgIpc) is 2.70. The quantitative estimate of drug-likeness (QED) is 0.559. The van der Waals surface area contributed by atoms with Gasteiger partial charge in [-0.2, -0.15) is 13.2 Å². The highest BCUT2D eigenvalue weighted by Crippen LogP contribution is 2.34. The van der Waals surface area contributed by atoms with E-state index in [0.29, 0.717) is 12.3 Å². The van der Waals surface area contributed by atoms with Crippen molar-refractivity contribution in [2.45, 2.75) is 20.0 Å². The topological polar surface area (TPSA) is 70.7 Å². The largest absolute Gasteiger partial charge is 0.492 e. The van der Waals surface area contributed by atoms with Gasteiger partial charge in [0.2, 0.25) is 11.8 Å². The lowest BCUT2D eigenvalue weighted by Gasteiger charge is -2.20. The molecule has 31 heavy (non-hydrogen) atoms. The number of hydrogen-bond donors (Lipinski definition) is 2. The summed E-state index contributed by atoms with van der Waals surface area (Å²) in [6, 6.07) is 12.3. The summed E-state index contributed by atoms with van der Waals surface area (Å²) in [5.74, 6) is -0.229. The smallest absolute Gasteiger partial charge is 0.418 e. The second kappa shape index (κ2) is 11.4. The van der Waals surface area contributed by atoms with Crippen LogP contribution in [0, 0.1) is 6.92 Å². The Morgan fingerprint density at radius 3 is 2.42 bits per heavy atom. The van der Waals surface area contributed by atoms with E-state index in [1.807, 2.05) is 31.2 Å². The van der Waals surface area contributed by atoms with Crippen LogP contribution in [0.1, 0.15) is 18.1 Å². The number of likely N-dealkylation sites (N-methyl/N-ethyl adjacent to an activating group) is 1. The predicted octanol–water partition coefficient (Wildman–Crippen LogP) is 3.47. The van der Waals surface area contributed by atoms with Crippen LogP contribution in [0.5, 0.6) is 5.75 Å². The Morgan fingerprint density at radius 1 is 1.03 bits per heavy atom. The number of amides is 2. The van der Waals surface area contributed by atoms with Gasteiger partial charge in [-0.25, -0.2) is 0 Å². The van der Waals surface area contributed by atoms with Gasteiger partial charge >= 0.3 is 6.18 Å². The Kier molecular flexibility index (Phi) is 8.87. The number of nitrogens with zero attached hydrogens (tertiary/aromatic N) is 1. The molecule has 0 fully saturated rings. The first-order chi connectivity index (χ1) is 14.7. The van der Waals surface area contributed by atoms with E-state index in [2.05, 4.69) is 10.6 Å². The molecule has 0 spiro atoms. The van der Waals surface area contributed by atoms with Gasteiger partial charge in [-0.1, -0.05) is 31.2 Å². The highest BCUT2D eigenvalue weighted by Gasteiger charge is 2.33. The van der Waals surface area contributed by atoms with Crippen LogP contribution in [0.3, 0.4) is 0 Å². The van der Waals surface area contributed by atoms with Gasteiger partial charge in [0.25, 0.3) is 0 Å². The standard InChI is InChI=1S/C22H26F3N3O3/c1-3-28(14-20(29)26-11-12-31-17-8-6-7-16(2)13-17)15-21(30)27-19-10-5-4-9-18(19)22(23,24)25/h4-10,13H,3,11-12,14-15H2,1-2H3,(H,26,29)(H,27,30). The number of halogens is 3. The fourth-order valence-corrected chi connectivity index (χ4v) is 2.84. The van der Waals surface area contributed by atoms with Crippen molar-refractivity contribution >= 4 is 17.5 Å². The zero-order chi connectivity index (χ0) is 22.9. The Hall–Kier alpha value is -3.07. The minimum absolute atomic E-state index is 0.0602. The Bertz CT molecular complexity index is 888. The number of anilines is 1. The lowest BCUT2D eigenvalue weighted by atomic mass is 10.1. The lowest BCUT2D eigenvalue weighted by molar-refractivity contribution is -0.137. The van der Waals surface area contributed by atoms with Crippen LogP contribution >= 0.6 is 0 Å². The van der Waals surface area contributed by atoms with Crippen LogP contribution in [-0.2, 0) is 15.8 Å². The molecule has 0 atom stereocenters. The van der Waals surface area contributed by atoms with Crippen LogP contribution < -0.4 is 15.4 Å². The van der Waals surface area contributed by atoms with Gasteiger partial charge in [-0.05, 0) is 43.3 Å². The number of hydrogen-bond acceptors (Lipinski definition) is 4. The second-order valence-corrected chi connectivity index (χ2v) is 6.91. The summed E-state index contributed by atoms with van der Waals surface area (Å²) in [5, 5.41) is 4.98. The molecule has 2 amide bonds. The maximum absolute atomic E-state index is 13.1. The number of para-hydroxylation sites is 1. The van der Waals surface area contributed by atoms with Crippen molar-refractivity contribution in [1.29, 1.82) is 0 Å². The zero-order valence-electron chi connectivity index (χ0n) is 17.5. The van der Waals surface area contributed by atoms with E-state index in [9.17, 15) is 22.8 Å². The summed E-state index contributed by atoms with van der Waals surface area (Å²) >= 11 is 0. The molecule has 0 heterocycles. The molecule has 0 bridgehead atoms. The van der Waals surface area contributed by atoms with Crippen molar-refractivity contribution in [1.82, 2.24) is 10.2 Å². The number of alkyl halides is 3. The SMILES string of the molecule is CCN(CC(=O)NCCOc1cccc(C)c1)CC(=O)Nc1ccccc1C(F)(F)F. The summed E-state index contributed by atoms with van der Waals surface area (Å²) in [6.07, 6.45) is -4.57. The molecule has 0 aliphatic heterocycles. The molecule has 0 saturated heterocycles. The van der Waals surface area contributed by atoms with E-state index in [4.69, 9.17) is 4.74 Å². The first-order valence-corrected chi connectivity index (χ1v) is 9.83. The van der Waals surface area contributed by atoms with E-state index in [0.717, 1.165) is 11.6 Å². The molecule has 0 unspecified atom stereocenters. The molecule has 0 aromatic heterocycles. The number of nitrogens with one attached hydrogen (secondary N) is 2. The van der Waals surface area contributed by atoms with Crippen molar-refractivity contribution in [2.24, 2.45) is 0 Å². The van der Waals surface area contributed by atoms with Crippen LogP contribution in [0.4, 0.5) is 18.9 Å². The van der Waals surface area contributed by atoms with Gasteiger partial charge in [0.15, 0.2) is 0 Å². The number of aryl methyl sites for hydroxylation is 1. The molecule has 0 saturated carbocycles. The van der Waals surface area contributed by atoms with Crippen molar-refractivity contribution in [2.75, 3.05) is 38.1 Å². The Labute approximate surface area is 179 Å². The van der Waals surface area contributed by atoms with Gasteiger partial charge in [-0.15, -0.1) is 0 Å². The molecule has 0 radical (unpaired) electrons. The van der Waals surface area contributed by atoms with E-state index in [1.165, 1.54) is 23.1 Å². The number of carbonyl (C=O) groups excluding carboxylic acids is 2. The van der Waals surface area contributed by atoms with E-state index in [-0.39, 0.29) is 37.8 Å². The average molecular weight is 437 g/mol. The fourth-order valence-electron chi connectivity index (χ4n) is 2.84. The van der Waals surface area contributed by atoms with Gasteiger partial charge < -0.3 is 15.4 Å². The first kappa shape index (κ1) is 24.2. The van der Waals surface area contributed by atoms with Gasteiger partial charge in [0.05, 0.1) is 30.9 Å². The van der Waals surface area contributed by atoms with Crippen molar-refractivity contribution in [3.05, 3.63) is 59.7 Å². The molecule has 168 valence electrons. The van der Waals surface area contributed by atoms with Gasteiger partial charge in [-0.3, -0.25) is 14.5 Å². The fraction of sp³-hybridized carbons (Fsp3) is 0.364. The van der Waals surface area contributed by atoms with E-state index >= 15 is 0 Å². The van der Waals surface area contributed by atoms with E-state index < -0.39 is 17.6 Å². The van der Waals surface area contributed by atoms with Crippen molar-refractivity contribution in [3.8, 4) is 5.75 Å². The molecule has 2 aromatic rings. The maximum Gasteiger partial charge on any atom is 0.418 e. The summed E-state index contributed by atoms with van der Waals surface area (Å²) in [4.78, 5) is 25.9. The van der Waals surface area contributed by atoms with Crippen LogP contribution in [0.15, 0.2) is 48.5 Å². The number of ether oxygens (including phenoxy) is 1. The Balaban J connectivity index is 1.78. The number of carbonyl (C=O) groups is 2. The summed E-state index contributed by atoms with van der Waals surface area (Å²) < 4.78 is 44.7. The molecule has 2 N–H and O–H groups in total. The minimum Gasteiger partial charge on any atom is -0.492 e. The van der Waals surface area contributed by atoms with Crippen molar-refractivity contribution < 1.29 is 27.5 Å². The van der Waals surface area contributed by atoms with Gasteiger partial charge in [0, 0.05) is 0 Å². The van der Waals surface area contributed by atoms with Crippen LogP contribution in [0.25, 0.3) is 0 Å². The molecule has 0 aliphatic rings. The van der Waals surface area contributed by atoms with Crippen LogP contribution in [0.2, 0.25) is 0 Å². The minimum atomic E-state index is -4.57. The Morgan fingerprint density at radius 2 is 1.74 bits per heavy atom. The van der Waals surface area contributed by atoms with E-state index in [1.54, 1.807) is 6.92 Å². The normalized spacial score (nSPS) is 11.3. The molecular weight excluding hydrogens is 411 g/mol. The lowest BCUT2D eigenvalue weighted by Crippen LogP contribution is -2.42. The molecule has 2 rings (SSSR count). The highest BCUT2D eigenvalue weighted by atomic mass is 19.4. The van der Waals surface area contributed by atoms with Crippen molar-refractivity contribution in [3.63, 3.8) is 0 Å². The molecular formula is C22H26F3N3O3. The summed E-state index contributed by atoms with van der Waals surface area (Å²) in [6.45, 7) is 4.38. The summed E-state index contributed by atoms with van der Waals surface area (Å²) in [7, 11) is 0. The number of benzene rings is 2. The zero-order valence-corrected chi connectivity index (χ0v) is 17.5. The monoisotopic (exact) mass is 437 g/mol. The third-order valence-electron chi connectivity index (χ3n) is 4.37. The third kappa shape index (κ3) is 8.29. The van der Waals surface area contributed by atoms with Gasteiger partial charge in [0.1, 0.15) is 12.4 Å². The third-order valence-corrected chi connectivity index (χ3v) is 4.37. The molecule has 9 heteroatoms. The maximum atomic E-state index is 13.1. The second-order valence-electron chi connectivity index (χ2n) is 6.91. The molecule has 6 nitrogen and oxygen atoms in total. The summed E-state index contributed by atoms with van der Waals surface area (Å²) in [5.41, 5.74) is -0.164.